The lowest BCUT2D eigenvalue weighted by molar-refractivity contribution is -0.117. The molecule has 8 nitrogen and oxygen atoms in total. The highest BCUT2D eigenvalue weighted by Gasteiger charge is 2.16. The quantitative estimate of drug-likeness (QED) is 0.494. The van der Waals surface area contributed by atoms with Crippen LogP contribution in [0.1, 0.15) is 25.3 Å². The fraction of sp³-hybridized carbons (Fsp3) is 0.400. The van der Waals surface area contributed by atoms with E-state index in [0.717, 1.165) is 6.42 Å². The molecule has 24 heavy (non-hydrogen) atoms. The zero-order valence-electron chi connectivity index (χ0n) is 13.5. The number of fused-ring (bicyclic) bond motifs is 1. The molecule has 0 bridgehead atoms. The van der Waals surface area contributed by atoms with E-state index in [1.807, 2.05) is 6.92 Å². The first kappa shape index (κ1) is 20.1. The molecule has 0 aliphatic carbocycles. The fourth-order valence-corrected chi connectivity index (χ4v) is 2.08. The van der Waals surface area contributed by atoms with E-state index in [0.29, 0.717) is 59.2 Å². The molecule has 1 amide bonds. The number of aromatic nitrogens is 1. The van der Waals surface area contributed by atoms with Crippen LogP contribution in [0.3, 0.4) is 0 Å². The van der Waals surface area contributed by atoms with E-state index in [9.17, 15) is 4.79 Å². The molecule has 0 unspecified atom stereocenters. The number of nitrogens with two attached hydrogens (primary N) is 2. The molecule has 1 aromatic rings. The van der Waals surface area contributed by atoms with Gasteiger partial charge >= 0.3 is 0 Å². The van der Waals surface area contributed by atoms with E-state index in [1.165, 1.54) is 0 Å². The van der Waals surface area contributed by atoms with Gasteiger partial charge in [0, 0.05) is 48.9 Å². The van der Waals surface area contributed by atoms with Crippen molar-refractivity contribution in [1.82, 2.24) is 10.3 Å². The van der Waals surface area contributed by atoms with Gasteiger partial charge in [-0.1, -0.05) is 6.92 Å². The number of aliphatic hydroxyl groups is 1. The molecule has 1 aromatic heterocycles. The van der Waals surface area contributed by atoms with Crippen LogP contribution in [-0.2, 0) is 4.79 Å². The molecule has 1 aliphatic rings. The number of carbonyl (C=O) groups is 1. The van der Waals surface area contributed by atoms with Crippen molar-refractivity contribution >= 4 is 35.5 Å². The highest BCUT2D eigenvalue weighted by atomic mass is 32.2. The maximum Gasteiger partial charge on any atom is 0.247 e. The lowest BCUT2D eigenvalue weighted by atomic mass is 10.1. The third-order valence-corrected chi connectivity index (χ3v) is 3.31. The summed E-state index contributed by atoms with van der Waals surface area (Å²) >= 11 is 0.547. The van der Waals surface area contributed by atoms with Gasteiger partial charge < -0.3 is 26.4 Å². The average Bonchev–Trinajstić information content (AvgIpc) is 2.76. The second-order valence-electron chi connectivity index (χ2n) is 4.89. The minimum Gasteiger partial charge on any atom is -0.395 e. The number of aliphatic hydroxyl groups excluding tert-OH is 1. The van der Waals surface area contributed by atoms with Gasteiger partial charge in [-0.25, -0.2) is 9.98 Å². The van der Waals surface area contributed by atoms with Crippen LogP contribution in [-0.4, -0.2) is 46.1 Å². The van der Waals surface area contributed by atoms with Crippen molar-refractivity contribution in [3.63, 3.8) is 0 Å². The zero-order valence-corrected chi connectivity index (χ0v) is 14.3. The van der Waals surface area contributed by atoms with Crippen molar-refractivity contribution in [2.45, 2.75) is 24.8 Å². The Hall–Kier alpha value is -1.94. The first-order valence-corrected chi connectivity index (χ1v) is 8.27. The van der Waals surface area contributed by atoms with Crippen LogP contribution in [0.5, 0.6) is 0 Å². The monoisotopic (exact) mass is 353 g/mol. The molecule has 0 spiro atoms. The van der Waals surface area contributed by atoms with Crippen molar-refractivity contribution in [2.75, 3.05) is 19.7 Å². The van der Waals surface area contributed by atoms with Crippen LogP contribution in [0.2, 0.25) is 0 Å². The topological polar surface area (TPSA) is 147 Å². The number of amides is 1. The second-order valence-corrected chi connectivity index (χ2v) is 5.49. The van der Waals surface area contributed by atoms with Crippen LogP contribution in [0.4, 0.5) is 5.69 Å². The summed E-state index contributed by atoms with van der Waals surface area (Å²) in [5.74, 6) is 0.222. The highest BCUT2D eigenvalue weighted by Crippen LogP contribution is 2.28. The Labute approximate surface area is 145 Å². The van der Waals surface area contributed by atoms with E-state index in [1.54, 1.807) is 18.3 Å². The van der Waals surface area contributed by atoms with Crippen LogP contribution in [0, 0.1) is 0 Å². The SMILES string of the molecule is CCCNC(=O)C1=Cc2cnc(SO)cc2N=C(N)C1.NCCO. The van der Waals surface area contributed by atoms with E-state index in [4.69, 9.17) is 21.1 Å². The predicted molar refractivity (Wildman–Crippen MR) is 96.0 cm³/mol. The van der Waals surface area contributed by atoms with Crippen LogP contribution < -0.4 is 16.8 Å². The van der Waals surface area contributed by atoms with Gasteiger partial charge in [-0.3, -0.25) is 4.79 Å². The van der Waals surface area contributed by atoms with Crippen molar-refractivity contribution < 1.29 is 14.5 Å². The number of nitrogens with one attached hydrogen (secondary N) is 1. The Balaban J connectivity index is 0.000000648. The summed E-state index contributed by atoms with van der Waals surface area (Å²) in [6.45, 7) is 3.09. The lowest BCUT2D eigenvalue weighted by Crippen LogP contribution is -2.27. The first-order chi connectivity index (χ1) is 11.5. The molecule has 132 valence electrons. The fourth-order valence-electron chi connectivity index (χ4n) is 1.82. The minimum absolute atomic E-state index is 0.0972. The smallest absolute Gasteiger partial charge is 0.247 e. The normalized spacial score (nSPS) is 12.8. The molecule has 2 heterocycles. The summed E-state index contributed by atoms with van der Waals surface area (Å²) < 4.78 is 9.01. The van der Waals surface area contributed by atoms with Gasteiger partial charge in [-0.15, -0.1) is 0 Å². The summed E-state index contributed by atoms with van der Waals surface area (Å²) in [6.07, 6.45) is 4.48. The molecule has 1 aliphatic heterocycles. The number of hydrogen-bond acceptors (Lipinski definition) is 8. The molecular weight excluding hydrogens is 330 g/mol. The summed E-state index contributed by atoms with van der Waals surface area (Å²) in [5, 5.41) is 11.0. The molecule has 0 saturated heterocycles. The maximum absolute atomic E-state index is 12.0. The van der Waals surface area contributed by atoms with Crippen molar-refractivity contribution in [3.05, 3.63) is 23.4 Å². The maximum atomic E-state index is 12.0. The molecule has 0 radical (unpaired) electrons. The Morgan fingerprint density at radius 3 is 2.79 bits per heavy atom. The number of rotatable bonds is 5. The number of carbonyl (C=O) groups excluding carboxylic acids is 1. The van der Waals surface area contributed by atoms with Crippen molar-refractivity contribution in [3.8, 4) is 0 Å². The zero-order chi connectivity index (χ0) is 17.9. The van der Waals surface area contributed by atoms with Crippen LogP contribution in [0.15, 0.2) is 27.9 Å². The highest BCUT2D eigenvalue weighted by molar-refractivity contribution is 7.93. The lowest BCUT2D eigenvalue weighted by Gasteiger charge is -2.06. The standard InChI is InChI=1S/C13H16N4O2S.C2H7NO/c1-2-3-15-13(18)8-4-9-7-16-12(20-19)6-10(9)17-11(14)5-8;3-1-2-4/h4,6-7,19H,2-3,5H2,1H3,(H2,14,17)(H,15,18);4H,1-3H2. The first-order valence-electron chi connectivity index (χ1n) is 7.49. The van der Waals surface area contributed by atoms with E-state index in [-0.39, 0.29) is 12.5 Å². The molecule has 0 saturated carbocycles. The second kappa shape index (κ2) is 10.8. The number of aliphatic imine (C=N–C) groups is 1. The Bertz CT molecular complexity index is 617. The molecule has 7 N–H and O–H groups in total. The molecule has 2 rings (SSSR count). The number of nitrogens with zero attached hydrogens (tertiary/aromatic N) is 2. The number of amidine groups is 1. The Kier molecular flexibility index (Phi) is 9.02. The summed E-state index contributed by atoms with van der Waals surface area (Å²) in [6, 6.07) is 1.64. The summed E-state index contributed by atoms with van der Waals surface area (Å²) in [5.41, 5.74) is 12.5. The summed E-state index contributed by atoms with van der Waals surface area (Å²) in [4.78, 5) is 20.4. The van der Waals surface area contributed by atoms with Crippen LogP contribution >= 0.6 is 12.0 Å². The number of hydrogen-bond donors (Lipinski definition) is 5. The van der Waals surface area contributed by atoms with Gasteiger partial charge in [0.25, 0.3) is 0 Å². The molecule has 9 heteroatoms. The van der Waals surface area contributed by atoms with Gasteiger partial charge in [0.2, 0.25) is 5.91 Å². The van der Waals surface area contributed by atoms with Crippen molar-refractivity contribution in [1.29, 1.82) is 0 Å². The third kappa shape index (κ3) is 6.28. The Morgan fingerprint density at radius 1 is 1.50 bits per heavy atom. The summed E-state index contributed by atoms with van der Waals surface area (Å²) in [7, 11) is 0. The van der Waals surface area contributed by atoms with E-state index >= 15 is 0 Å². The minimum atomic E-state index is -0.140. The molecule has 0 atom stereocenters. The van der Waals surface area contributed by atoms with E-state index in [2.05, 4.69) is 15.3 Å². The molecular formula is C15H23N5O3S. The predicted octanol–water partition coefficient (Wildman–Crippen LogP) is 0.886. The molecule has 0 fully saturated rings. The van der Waals surface area contributed by atoms with Gasteiger partial charge in [0.1, 0.15) is 10.9 Å². The Morgan fingerprint density at radius 2 is 2.21 bits per heavy atom. The largest absolute Gasteiger partial charge is 0.395 e. The van der Waals surface area contributed by atoms with Gasteiger partial charge in [0.05, 0.1) is 12.3 Å². The van der Waals surface area contributed by atoms with Gasteiger partial charge in [-0.05, 0) is 18.6 Å². The molecule has 0 aromatic carbocycles. The van der Waals surface area contributed by atoms with Crippen LogP contribution in [0.25, 0.3) is 6.08 Å². The van der Waals surface area contributed by atoms with Crippen molar-refractivity contribution in [2.24, 2.45) is 16.5 Å². The third-order valence-electron chi connectivity index (χ3n) is 2.90. The average molecular weight is 353 g/mol. The van der Waals surface area contributed by atoms with Gasteiger partial charge in [0.15, 0.2) is 0 Å². The number of pyridine rings is 1. The van der Waals surface area contributed by atoms with E-state index < -0.39 is 0 Å². The van der Waals surface area contributed by atoms with Gasteiger partial charge in [-0.2, -0.15) is 0 Å².